The number of hydrogen-bond donors (Lipinski definition) is 0. The van der Waals surface area contributed by atoms with Crippen molar-refractivity contribution in [1.29, 1.82) is 0 Å². The van der Waals surface area contributed by atoms with E-state index in [2.05, 4.69) is 27.4 Å². The van der Waals surface area contributed by atoms with E-state index in [4.69, 9.17) is 0 Å². The Labute approximate surface area is 54.0 Å². The summed E-state index contributed by atoms with van der Waals surface area (Å²) >= 11 is 0. The summed E-state index contributed by atoms with van der Waals surface area (Å²) in [6.45, 7) is 11.0. The molecule has 8 heavy (non-hydrogen) atoms. The summed E-state index contributed by atoms with van der Waals surface area (Å²) in [7, 11) is -0.782. The first-order valence-electron chi connectivity index (χ1n) is 3.47. The van der Waals surface area contributed by atoms with E-state index in [0.29, 0.717) is 0 Å². The zero-order chi connectivity index (χ0) is 6.62. The summed E-state index contributed by atoms with van der Waals surface area (Å²) < 4.78 is 0. The van der Waals surface area contributed by atoms with Crippen molar-refractivity contribution in [3.63, 3.8) is 0 Å². The quantitative estimate of drug-likeness (QED) is 0.518. The molecule has 0 aliphatic heterocycles. The maximum atomic E-state index is 3.96. The van der Waals surface area contributed by atoms with Gasteiger partial charge >= 0.3 is 53.2 Å². The van der Waals surface area contributed by atoms with Crippen LogP contribution in [0.1, 0.15) is 13.8 Å². The molecular weight excluding hydrogens is 115 g/mol. The van der Waals surface area contributed by atoms with E-state index in [1.807, 2.05) is 0 Å². The van der Waals surface area contributed by atoms with Gasteiger partial charge in [-0.2, -0.15) is 0 Å². The second kappa shape index (κ2) is 3.45. The molecule has 0 aromatic carbocycles. The van der Waals surface area contributed by atoms with Gasteiger partial charge in [-0.05, 0) is 0 Å². The summed E-state index contributed by atoms with van der Waals surface area (Å²) in [5, 5.41) is 0. The Morgan fingerprint density at radius 2 is 1.62 bits per heavy atom. The second-order valence-electron chi connectivity index (χ2n) is 2.77. The first-order valence-corrected chi connectivity index (χ1v) is 6.60. The Kier molecular flexibility index (Phi) is 3.64. The third kappa shape index (κ3) is 2.13. The van der Waals surface area contributed by atoms with Gasteiger partial charge in [0.15, 0.2) is 0 Å². The van der Waals surface area contributed by atoms with Crippen LogP contribution in [0.5, 0.6) is 0 Å². The molecule has 0 saturated carbocycles. The predicted molar refractivity (Wildman–Crippen MR) is 45.5 cm³/mol. The van der Waals surface area contributed by atoms with Gasteiger partial charge in [-0.3, -0.25) is 0 Å². The molecule has 0 bridgehead atoms. The van der Waals surface area contributed by atoms with Gasteiger partial charge < -0.3 is 0 Å². The fourth-order valence-electron chi connectivity index (χ4n) is 0.604. The molecule has 0 N–H and O–H groups in total. The normalized spacial score (nSPS) is 14.0. The average molecular weight is 133 g/mol. The second-order valence-corrected chi connectivity index (χ2v) is 8.30. The fourth-order valence-corrected chi connectivity index (χ4v) is 1.81. The minimum absolute atomic E-state index is 0.782. The van der Waals surface area contributed by atoms with Crippen molar-refractivity contribution in [2.45, 2.75) is 13.8 Å². The number of hydrogen-bond acceptors (Lipinski definition) is 0. The SMILES string of the molecule is [CH2]C[PH](C)(CC)CC. The molecule has 51 valence electrons. The van der Waals surface area contributed by atoms with Crippen LogP contribution < -0.4 is 0 Å². The van der Waals surface area contributed by atoms with E-state index in [9.17, 15) is 0 Å². The molecule has 0 fully saturated rings. The molecule has 1 heteroatoms. The van der Waals surface area contributed by atoms with Gasteiger partial charge in [0.2, 0.25) is 0 Å². The molecular formula is C7H18P. The van der Waals surface area contributed by atoms with Gasteiger partial charge in [-0.15, -0.1) is 0 Å². The van der Waals surface area contributed by atoms with E-state index < -0.39 is 7.26 Å². The zero-order valence-electron chi connectivity index (χ0n) is 6.33. The third-order valence-corrected chi connectivity index (χ3v) is 6.93. The Morgan fingerprint density at radius 1 is 1.25 bits per heavy atom. The predicted octanol–water partition coefficient (Wildman–Crippen LogP) is 2.24. The van der Waals surface area contributed by atoms with Crippen LogP contribution in [-0.4, -0.2) is 25.2 Å². The summed E-state index contributed by atoms with van der Waals surface area (Å²) in [4.78, 5) is 0. The third-order valence-electron chi connectivity index (χ3n) is 2.31. The first kappa shape index (κ1) is 8.43. The summed E-state index contributed by atoms with van der Waals surface area (Å²) in [5.74, 6) is 0. The van der Waals surface area contributed by atoms with Gasteiger partial charge in [-0.25, -0.2) is 0 Å². The van der Waals surface area contributed by atoms with Crippen LogP contribution >= 0.6 is 7.26 Å². The standard InChI is InChI=1S/C7H18P/c1-5-8(4,6-2)7-3/h8H,1,5-7H2,2-4H3. The molecule has 0 aliphatic rings. The molecule has 0 aromatic heterocycles. The van der Waals surface area contributed by atoms with Gasteiger partial charge in [0.1, 0.15) is 0 Å². The fraction of sp³-hybridized carbons (Fsp3) is 0.857. The van der Waals surface area contributed by atoms with Crippen LogP contribution in [-0.2, 0) is 0 Å². The van der Waals surface area contributed by atoms with E-state index in [1.54, 1.807) is 0 Å². The minimum atomic E-state index is -0.782. The van der Waals surface area contributed by atoms with Crippen LogP contribution in [0.3, 0.4) is 0 Å². The topological polar surface area (TPSA) is 0 Å². The molecule has 0 aliphatic carbocycles. The van der Waals surface area contributed by atoms with Crippen molar-refractivity contribution < 1.29 is 0 Å². The maximum absolute atomic E-state index is 3.96. The molecule has 0 atom stereocenters. The van der Waals surface area contributed by atoms with Crippen LogP contribution in [0.2, 0.25) is 0 Å². The van der Waals surface area contributed by atoms with Crippen molar-refractivity contribution in [1.82, 2.24) is 0 Å². The van der Waals surface area contributed by atoms with Gasteiger partial charge in [0.05, 0.1) is 0 Å². The Morgan fingerprint density at radius 3 is 1.62 bits per heavy atom. The molecule has 0 unspecified atom stereocenters. The van der Waals surface area contributed by atoms with Gasteiger partial charge in [0.25, 0.3) is 0 Å². The van der Waals surface area contributed by atoms with Gasteiger partial charge in [-0.1, -0.05) is 0 Å². The molecule has 0 nitrogen and oxygen atoms in total. The molecule has 0 amide bonds. The van der Waals surface area contributed by atoms with Crippen molar-refractivity contribution in [2.24, 2.45) is 0 Å². The molecule has 0 rings (SSSR count). The van der Waals surface area contributed by atoms with E-state index >= 15 is 0 Å². The molecule has 1 radical (unpaired) electrons. The first-order chi connectivity index (χ1) is 3.68. The van der Waals surface area contributed by atoms with E-state index in [0.717, 1.165) is 0 Å². The summed E-state index contributed by atoms with van der Waals surface area (Å²) in [5.41, 5.74) is 0. The average Bonchev–Trinajstić information content (AvgIpc) is 1.87. The Hall–Kier alpha value is 0.430. The zero-order valence-corrected chi connectivity index (χ0v) is 7.33. The Balaban J connectivity index is 3.58. The van der Waals surface area contributed by atoms with Crippen molar-refractivity contribution in [2.75, 3.05) is 25.2 Å². The van der Waals surface area contributed by atoms with Crippen LogP contribution in [0.25, 0.3) is 0 Å². The molecule has 0 heterocycles. The van der Waals surface area contributed by atoms with Crippen LogP contribution in [0.4, 0.5) is 0 Å². The molecule has 0 saturated heterocycles. The van der Waals surface area contributed by atoms with Crippen molar-refractivity contribution >= 4 is 7.26 Å². The Bertz CT molecular complexity index is 47.1. The number of rotatable bonds is 3. The van der Waals surface area contributed by atoms with Gasteiger partial charge in [0, 0.05) is 0 Å². The summed E-state index contributed by atoms with van der Waals surface area (Å²) in [6.07, 6.45) is 4.00. The molecule has 0 spiro atoms. The van der Waals surface area contributed by atoms with E-state index in [-0.39, 0.29) is 0 Å². The van der Waals surface area contributed by atoms with Crippen LogP contribution in [0.15, 0.2) is 0 Å². The van der Waals surface area contributed by atoms with Crippen molar-refractivity contribution in [3.8, 4) is 0 Å². The summed E-state index contributed by atoms with van der Waals surface area (Å²) in [6, 6.07) is 0. The van der Waals surface area contributed by atoms with Crippen molar-refractivity contribution in [3.05, 3.63) is 6.92 Å². The monoisotopic (exact) mass is 133 g/mol. The van der Waals surface area contributed by atoms with E-state index in [1.165, 1.54) is 18.5 Å². The van der Waals surface area contributed by atoms with Crippen LogP contribution in [0, 0.1) is 6.92 Å². The molecule has 0 aromatic rings.